The van der Waals surface area contributed by atoms with Gasteiger partial charge in [-0.1, -0.05) is 31.5 Å². The lowest BCUT2D eigenvalue weighted by Gasteiger charge is -2.43. The number of pyridine rings is 2. The number of aryl methyl sites for hydroxylation is 1. The van der Waals surface area contributed by atoms with Gasteiger partial charge in [-0.15, -0.1) is 0 Å². The number of rotatable bonds is 4. The van der Waals surface area contributed by atoms with Gasteiger partial charge in [0.25, 0.3) is 0 Å². The lowest BCUT2D eigenvalue weighted by Crippen LogP contribution is -2.58. The van der Waals surface area contributed by atoms with Crippen molar-refractivity contribution in [3.05, 3.63) is 69.1 Å². The van der Waals surface area contributed by atoms with Crippen molar-refractivity contribution in [3.63, 3.8) is 0 Å². The number of amides is 1. The van der Waals surface area contributed by atoms with Crippen LogP contribution in [0, 0.1) is 12.7 Å². The van der Waals surface area contributed by atoms with Crippen LogP contribution in [-0.4, -0.2) is 60.8 Å². The zero-order valence-corrected chi connectivity index (χ0v) is 24.1. The number of aromatic nitrogens is 4. The number of fused-ring (bicyclic) bond motifs is 1. The molecule has 3 aromatic heterocycles. The first-order valence-corrected chi connectivity index (χ1v) is 13.7. The fourth-order valence-corrected chi connectivity index (χ4v) is 5.71. The molecule has 4 aromatic rings. The second-order valence-corrected chi connectivity index (χ2v) is 11.2. The first kappa shape index (κ1) is 28.3. The molecule has 1 aliphatic heterocycles. The SMILES string of the molecule is Cc1ccnc(C(C)C)c1-n1c(=O)nc(N2C[C@@H](C)N(C(=O)O)C[C@@H]2C)c2cc(Cl)c(-c3c(N)cccc3F)nc21. The van der Waals surface area contributed by atoms with E-state index in [1.165, 1.54) is 21.6 Å². The molecule has 0 aliphatic carbocycles. The molecular formula is C29H31ClFN7O3. The number of carboxylic acid groups (broad SMARTS) is 1. The Labute approximate surface area is 241 Å². The van der Waals surface area contributed by atoms with Crippen molar-refractivity contribution in [2.24, 2.45) is 0 Å². The Kier molecular flexibility index (Phi) is 7.33. The maximum absolute atomic E-state index is 15.1. The summed E-state index contributed by atoms with van der Waals surface area (Å²) in [6, 6.07) is 7.07. The molecule has 214 valence electrons. The summed E-state index contributed by atoms with van der Waals surface area (Å²) in [6.07, 6.45) is 0.673. The van der Waals surface area contributed by atoms with Crippen LogP contribution in [0.2, 0.25) is 5.02 Å². The number of hydrogen-bond acceptors (Lipinski definition) is 7. The van der Waals surface area contributed by atoms with E-state index in [4.69, 9.17) is 22.3 Å². The summed E-state index contributed by atoms with van der Waals surface area (Å²) in [6.45, 7) is 9.99. The molecular weight excluding hydrogens is 549 g/mol. The van der Waals surface area contributed by atoms with E-state index in [9.17, 15) is 14.7 Å². The maximum Gasteiger partial charge on any atom is 0.407 e. The molecule has 5 rings (SSSR count). The molecule has 1 fully saturated rings. The highest BCUT2D eigenvalue weighted by Crippen LogP contribution is 2.38. The molecule has 41 heavy (non-hydrogen) atoms. The molecule has 1 saturated heterocycles. The normalized spacial score (nSPS) is 17.5. The van der Waals surface area contributed by atoms with Gasteiger partial charge in [0.15, 0.2) is 5.65 Å². The van der Waals surface area contributed by atoms with Gasteiger partial charge in [0.2, 0.25) is 0 Å². The standard InChI is InChI=1S/C29H31ClFN7O3/c1-14(2)23-25(15(3)9-10-33-23)38-27-18(11-19(30)24(34-27)22-20(31)7-6-8-21(22)32)26(35-28(38)39)36-12-17(5)37(29(40)41)13-16(36)4/h6-11,14,16-17H,12-13,32H2,1-5H3,(H,40,41)/t16-,17+/m0/s1. The minimum Gasteiger partial charge on any atom is -0.465 e. The van der Waals surface area contributed by atoms with Crippen LogP contribution in [0.15, 0.2) is 41.3 Å². The largest absolute Gasteiger partial charge is 0.465 e. The highest BCUT2D eigenvalue weighted by molar-refractivity contribution is 6.34. The Morgan fingerprint density at radius 1 is 1.17 bits per heavy atom. The number of nitrogen functional groups attached to an aromatic ring is 1. The maximum atomic E-state index is 15.1. The van der Waals surface area contributed by atoms with Crippen LogP contribution >= 0.6 is 11.6 Å². The molecule has 4 heterocycles. The van der Waals surface area contributed by atoms with Crippen molar-refractivity contribution in [1.82, 2.24) is 24.4 Å². The van der Waals surface area contributed by atoms with Gasteiger partial charge in [0, 0.05) is 37.1 Å². The zero-order valence-electron chi connectivity index (χ0n) is 23.4. The quantitative estimate of drug-likeness (QED) is 0.314. The first-order valence-electron chi connectivity index (χ1n) is 13.3. The van der Waals surface area contributed by atoms with Crippen molar-refractivity contribution in [1.29, 1.82) is 0 Å². The third kappa shape index (κ3) is 4.84. The van der Waals surface area contributed by atoms with Gasteiger partial charge in [0.1, 0.15) is 11.6 Å². The number of anilines is 2. The molecule has 1 aliphatic rings. The van der Waals surface area contributed by atoms with Crippen LogP contribution in [0.25, 0.3) is 28.0 Å². The molecule has 12 heteroatoms. The van der Waals surface area contributed by atoms with Crippen LogP contribution in [0.5, 0.6) is 0 Å². The minimum atomic E-state index is -1.01. The molecule has 0 unspecified atom stereocenters. The van der Waals surface area contributed by atoms with Crippen LogP contribution in [0.3, 0.4) is 0 Å². The van der Waals surface area contributed by atoms with Gasteiger partial charge in [0.05, 0.1) is 33.0 Å². The van der Waals surface area contributed by atoms with E-state index in [2.05, 4.69) is 9.97 Å². The molecule has 0 radical (unpaired) electrons. The summed E-state index contributed by atoms with van der Waals surface area (Å²) in [5, 5.41) is 10.2. The van der Waals surface area contributed by atoms with Gasteiger partial charge >= 0.3 is 11.8 Å². The Bertz CT molecular complexity index is 1720. The molecule has 1 aromatic carbocycles. The minimum absolute atomic E-state index is 0.0285. The van der Waals surface area contributed by atoms with Crippen LogP contribution < -0.4 is 16.3 Å². The van der Waals surface area contributed by atoms with Crippen molar-refractivity contribution in [2.75, 3.05) is 23.7 Å². The van der Waals surface area contributed by atoms with Crippen molar-refractivity contribution in [3.8, 4) is 16.9 Å². The molecule has 10 nitrogen and oxygen atoms in total. The van der Waals surface area contributed by atoms with Crippen LogP contribution in [-0.2, 0) is 0 Å². The van der Waals surface area contributed by atoms with Crippen molar-refractivity contribution < 1.29 is 14.3 Å². The fourth-order valence-electron chi connectivity index (χ4n) is 5.47. The van der Waals surface area contributed by atoms with Crippen LogP contribution in [0.1, 0.15) is 44.9 Å². The van der Waals surface area contributed by atoms with Crippen LogP contribution in [0.4, 0.5) is 20.7 Å². The fraction of sp³-hybridized carbons (Fsp3) is 0.345. The van der Waals surface area contributed by atoms with E-state index in [-0.39, 0.29) is 52.2 Å². The predicted molar refractivity (Wildman–Crippen MR) is 158 cm³/mol. The molecule has 1 amide bonds. The van der Waals surface area contributed by atoms with Gasteiger partial charge in [-0.2, -0.15) is 4.98 Å². The Balaban J connectivity index is 1.87. The third-order valence-corrected chi connectivity index (χ3v) is 7.80. The number of nitrogens with two attached hydrogens (primary N) is 1. The highest BCUT2D eigenvalue weighted by atomic mass is 35.5. The monoisotopic (exact) mass is 579 g/mol. The van der Waals surface area contributed by atoms with Crippen molar-refractivity contribution >= 4 is 40.2 Å². The smallest absolute Gasteiger partial charge is 0.407 e. The predicted octanol–water partition coefficient (Wildman–Crippen LogP) is 5.23. The molecule has 3 N–H and O–H groups in total. The number of piperazine rings is 1. The first-order chi connectivity index (χ1) is 19.4. The third-order valence-electron chi connectivity index (χ3n) is 7.51. The second kappa shape index (κ2) is 10.6. The van der Waals surface area contributed by atoms with E-state index < -0.39 is 17.6 Å². The summed E-state index contributed by atoms with van der Waals surface area (Å²) < 4.78 is 16.5. The van der Waals surface area contributed by atoms with Gasteiger partial charge in [-0.25, -0.2) is 23.5 Å². The average molecular weight is 580 g/mol. The summed E-state index contributed by atoms with van der Waals surface area (Å²) in [4.78, 5) is 42.9. The van der Waals surface area contributed by atoms with E-state index >= 15 is 4.39 Å². The Morgan fingerprint density at radius 3 is 2.56 bits per heavy atom. The van der Waals surface area contributed by atoms with E-state index in [1.54, 1.807) is 31.3 Å². The summed E-state index contributed by atoms with van der Waals surface area (Å²) >= 11 is 6.76. The van der Waals surface area contributed by atoms with E-state index in [0.29, 0.717) is 29.1 Å². The number of halogens is 2. The number of benzene rings is 1. The van der Waals surface area contributed by atoms with Gasteiger partial charge < -0.3 is 20.6 Å². The van der Waals surface area contributed by atoms with Gasteiger partial charge in [-0.05, 0) is 56.5 Å². The van der Waals surface area contributed by atoms with E-state index in [1.807, 2.05) is 32.6 Å². The zero-order chi connectivity index (χ0) is 29.7. The molecule has 0 bridgehead atoms. The summed E-state index contributed by atoms with van der Waals surface area (Å²) in [7, 11) is 0. The average Bonchev–Trinajstić information content (AvgIpc) is 2.90. The number of nitrogens with zero attached hydrogens (tertiary/aromatic N) is 6. The molecule has 0 saturated carbocycles. The second-order valence-electron chi connectivity index (χ2n) is 10.7. The topological polar surface area (TPSA) is 130 Å². The molecule has 2 atom stereocenters. The van der Waals surface area contributed by atoms with Crippen molar-refractivity contribution in [2.45, 2.75) is 52.6 Å². The Morgan fingerprint density at radius 2 is 1.90 bits per heavy atom. The van der Waals surface area contributed by atoms with Gasteiger partial charge in [-0.3, -0.25) is 4.98 Å². The Hall–Kier alpha value is -4.25. The number of hydrogen-bond donors (Lipinski definition) is 2. The lowest BCUT2D eigenvalue weighted by molar-refractivity contribution is 0.114. The molecule has 0 spiro atoms. The highest BCUT2D eigenvalue weighted by Gasteiger charge is 2.34. The van der Waals surface area contributed by atoms with E-state index in [0.717, 1.165) is 5.56 Å². The summed E-state index contributed by atoms with van der Waals surface area (Å²) in [5.74, 6) is -0.319. The lowest BCUT2D eigenvalue weighted by atomic mass is 10.0. The number of carbonyl (C=O) groups is 1. The summed E-state index contributed by atoms with van der Waals surface area (Å²) in [5.41, 5.74) is 8.02.